The van der Waals surface area contributed by atoms with Crippen molar-refractivity contribution in [2.45, 2.75) is 19.4 Å². The highest BCUT2D eigenvalue weighted by Gasteiger charge is 2.21. The molecule has 106 valence electrons. The van der Waals surface area contributed by atoms with Gasteiger partial charge in [-0.15, -0.1) is 0 Å². The molecule has 0 unspecified atom stereocenters. The zero-order valence-corrected chi connectivity index (χ0v) is 11.1. The number of carbonyl (C=O) groups excluding carboxylic acids is 1. The molecule has 6 nitrogen and oxygen atoms in total. The quantitative estimate of drug-likeness (QED) is 0.777. The summed E-state index contributed by atoms with van der Waals surface area (Å²) in [5.74, 6) is -0.00749. The van der Waals surface area contributed by atoms with Crippen LogP contribution in [-0.2, 0) is 16.1 Å². The van der Waals surface area contributed by atoms with Gasteiger partial charge in [0.25, 0.3) is 0 Å². The van der Waals surface area contributed by atoms with E-state index in [-0.39, 0.29) is 17.5 Å². The molecule has 0 bridgehead atoms. The standard InChI is InChI=1S/C14H17N3O3/c18-13(10-2-1-5-20-8-10)15-7-9-3-4-11-12(6-9)17-14(19)16-11/h3-4,6,10H,1-2,5,7-8H2,(H,15,18)(H2,16,17,19)/t10-/m1/s1. The molecule has 1 aliphatic rings. The lowest BCUT2D eigenvalue weighted by Crippen LogP contribution is -2.35. The van der Waals surface area contributed by atoms with Crippen LogP contribution in [0.15, 0.2) is 23.0 Å². The number of hydrogen-bond acceptors (Lipinski definition) is 3. The number of hydrogen-bond donors (Lipinski definition) is 3. The van der Waals surface area contributed by atoms with Gasteiger partial charge in [-0.2, -0.15) is 0 Å². The number of H-pyrrole nitrogens is 2. The zero-order valence-electron chi connectivity index (χ0n) is 11.1. The molecule has 1 aliphatic heterocycles. The van der Waals surface area contributed by atoms with Crippen molar-refractivity contribution >= 4 is 16.9 Å². The summed E-state index contributed by atoms with van der Waals surface area (Å²) in [5.41, 5.74) is 2.26. The maximum Gasteiger partial charge on any atom is 0.323 e. The van der Waals surface area contributed by atoms with E-state index in [0.29, 0.717) is 13.2 Å². The van der Waals surface area contributed by atoms with Gasteiger partial charge >= 0.3 is 5.69 Å². The molecule has 0 spiro atoms. The van der Waals surface area contributed by atoms with Crippen molar-refractivity contribution in [3.63, 3.8) is 0 Å². The molecule has 0 aliphatic carbocycles. The molecule has 2 aromatic rings. The molecule has 1 aromatic carbocycles. The van der Waals surface area contributed by atoms with Gasteiger partial charge in [0, 0.05) is 13.2 Å². The molecule has 1 atom stereocenters. The third kappa shape index (κ3) is 2.75. The molecule has 1 amide bonds. The Hall–Kier alpha value is -2.08. The average molecular weight is 275 g/mol. The van der Waals surface area contributed by atoms with Gasteiger partial charge in [-0.3, -0.25) is 4.79 Å². The lowest BCUT2D eigenvalue weighted by molar-refractivity contribution is -0.129. The minimum absolute atomic E-state index is 0.0346. The van der Waals surface area contributed by atoms with E-state index in [9.17, 15) is 9.59 Å². The van der Waals surface area contributed by atoms with Crippen LogP contribution in [0.2, 0.25) is 0 Å². The summed E-state index contributed by atoms with van der Waals surface area (Å²) >= 11 is 0. The van der Waals surface area contributed by atoms with Gasteiger partial charge in [-0.1, -0.05) is 6.07 Å². The first kappa shape index (κ1) is 12.9. The van der Waals surface area contributed by atoms with Gasteiger partial charge < -0.3 is 20.0 Å². The van der Waals surface area contributed by atoms with Crippen LogP contribution in [0.5, 0.6) is 0 Å². The fourth-order valence-corrected chi connectivity index (χ4v) is 2.47. The van der Waals surface area contributed by atoms with Crippen molar-refractivity contribution in [3.05, 3.63) is 34.2 Å². The van der Waals surface area contributed by atoms with Gasteiger partial charge in [-0.25, -0.2) is 4.79 Å². The number of benzene rings is 1. The maximum atomic E-state index is 12.0. The Morgan fingerprint density at radius 1 is 1.35 bits per heavy atom. The van der Waals surface area contributed by atoms with E-state index in [1.807, 2.05) is 18.2 Å². The van der Waals surface area contributed by atoms with E-state index in [1.54, 1.807) is 0 Å². The fourth-order valence-electron chi connectivity index (χ4n) is 2.47. The predicted octanol–water partition coefficient (Wildman–Crippen LogP) is 0.899. The lowest BCUT2D eigenvalue weighted by atomic mass is 10.0. The van der Waals surface area contributed by atoms with Crippen molar-refractivity contribution in [1.29, 1.82) is 0 Å². The number of aromatic amines is 2. The average Bonchev–Trinajstić information content (AvgIpc) is 2.85. The minimum Gasteiger partial charge on any atom is -0.381 e. The first-order valence-electron chi connectivity index (χ1n) is 6.79. The summed E-state index contributed by atoms with van der Waals surface area (Å²) in [5, 5.41) is 2.92. The Morgan fingerprint density at radius 2 is 2.20 bits per heavy atom. The van der Waals surface area contributed by atoms with Gasteiger partial charge in [0.1, 0.15) is 0 Å². The van der Waals surface area contributed by atoms with Crippen molar-refractivity contribution in [2.24, 2.45) is 5.92 Å². The summed E-state index contributed by atoms with van der Waals surface area (Å²) in [7, 11) is 0. The largest absolute Gasteiger partial charge is 0.381 e. The van der Waals surface area contributed by atoms with Crippen LogP contribution >= 0.6 is 0 Å². The monoisotopic (exact) mass is 275 g/mol. The van der Waals surface area contributed by atoms with Crippen molar-refractivity contribution < 1.29 is 9.53 Å². The number of aromatic nitrogens is 2. The van der Waals surface area contributed by atoms with Crippen LogP contribution in [0, 0.1) is 5.92 Å². The summed E-state index contributed by atoms with van der Waals surface area (Å²) in [6, 6.07) is 5.59. The second kappa shape index (κ2) is 5.50. The number of ether oxygens (including phenoxy) is 1. The predicted molar refractivity (Wildman–Crippen MR) is 74.3 cm³/mol. The SMILES string of the molecule is O=C(NCc1ccc2[nH]c(=O)[nH]c2c1)[C@@H]1CCCOC1. The minimum atomic E-state index is -0.222. The summed E-state index contributed by atoms with van der Waals surface area (Å²) in [6.45, 7) is 1.72. The van der Waals surface area contributed by atoms with Crippen LogP contribution in [0.25, 0.3) is 11.0 Å². The van der Waals surface area contributed by atoms with E-state index in [2.05, 4.69) is 15.3 Å². The second-order valence-electron chi connectivity index (χ2n) is 5.09. The highest BCUT2D eigenvalue weighted by atomic mass is 16.5. The third-order valence-corrected chi connectivity index (χ3v) is 3.58. The normalized spacial score (nSPS) is 19.1. The molecule has 1 saturated heterocycles. The zero-order chi connectivity index (χ0) is 13.9. The third-order valence-electron chi connectivity index (χ3n) is 3.58. The molecule has 1 fully saturated rings. The molecule has 2 heterocycles. The fraction of sp³-hybridized carbons (Fsp3) is 0.429. The molecular weight excluding hydrogens is 258 g/mol. The summed E-state index contributed by atoms with van der Waals surface area (Å²) < 4.78 is 5.31. The Bertz CT molecular complexity index is 668. The van der Waals surface area contributed by atoms with E-state index in [1.165, 1.54) is 0 Å². The van der Waals surface area contributed by atoms with E-state index >= 15 is 0 Å². The van der Waals surface area contributed by atoms with Crippen LogP contribution in [-0.4, -0.2) is 29.1 Å². The van der Waals surface area contributed by atoms with Crippen LogP contribution in [0.1, 0.15) is 18.4 Å². The summed E-state index contributed by atoms with van der Waals surface area (Å²) in [6.07, 6.45) is 1.82. The van der Waals surface area contributed by atoms with Gasteiger partial charge in [0.05, 0.1) is 23.6 Å². The van der Waals surface area contributed by atoms with Crippen LogP contribution in [0.3, 0.4) is 0 Å². The second-order valence-corrected chi connectivity index (χ2v) is 5.09. The van der Waals surface area contributed by atoms with Crippen molar-refractivity contribution in [3.8, 4) is 0 Å². The van der Waals surface area contributed by atoms with Gasteiger partial charge in [-0.05, 0) is 30.5 Å². The Kier molecular flexibility index (Phi) is 3.56. The first-order valence-corrected chi connectivity index (χ1v) is 6.79. The van der Waals surface area contributed by atoms with E-state index in [0.717, 1.165) is 36.0 Å². The Balaban J connectivity index is 1.64. The van der Waals surface area contributed by atoms with Crippen molar-refractivity contribution in [1.82, 2.24) is 15.3 Å². The first-order chi connectivity index (χ1) is 9.72. The number of carbonyl (C=O) groups is 1. The van der Waals surface area contributed by atoms with Gasteiger partial charge in [0.15, 0.2) is 0 Å². The molecule has 3 N–H and O–H groups in total. The number of imidazole rings is 1. The molecule has 0 radical (unpaired) electrons. The Morgan fingerprint density at radius 3 is 3.00 bits per heavy atom. The molecule has 3 rings (SSSR count). The topological polar surface area (TPSA) is 87.0 Å². The molecule has 0 saturated carbocycles. The highest BCUT2D eigenvalue weighted by molar-refractivity contribution is 5.79. The lowest BCUT2D eigenvalue weighted by Gasteiger charge is -2.21. The van der Waals surface area contributed by atoms with Gasteiger partial charge in [0.2, 0.25) is 5.91 Å². The van der Waals surface area contributed by atoms with Crippen LogP contribution < -0.4 is 11.0 Å². The molecular formula is C14H17N3O3. The smallest absolute Gasteiger partial charge is 0.323 e. The number of nitrogens with one attached hydrogen (secondary N) is 3. The van der Waals surface area contributed by atoms with Crippen molar-refractivity contribution in [2.75, 3.05) is 13.2 Å². The Labute approximate surface area is 115 Å². The maximum absolute atomic E-state index is 12.0. The van der Waals surface area contributed by atoms with E-state index < -0.39 is 0 Å². The van der Waals surface area contributed by atoms with Crippen LogP contribution in [0.4, 0.5) is 0 Å². The highest BCUT2D eigenvalue weighted by Crippen LogP contribution is 2.14. The number of rotatable bonds is 3. The number of fused-ring (bicyclic) bond motifs is 1. The molecule has 20 heavy (non-hydrogen) atoms. The number of amides is 1. The van der Waals surface area contributed by atoms with E-state index in [4.69, 9.17) is 4.74 Å². The summed E-state index contributed by atoms with van der Waals surface area (Å²) in [4.78, 5) is 28.6. The molecule has 1 aromatic heterocycles. The molecule has 6 heteroatoms.